The molecule has 152 valence electrons. The van der Waals surface area contributed by atoms with Gasteiger partial charge in [0.15, 0.2) is 0 Å². The van der Waals surface area contributed by atoms with Crippen LogP contribution in [0.1, 0.15) is 28.3 Å². The Morgan fingerprint density at radius 1 is 1.14 bits per heavy atom. The summed E-state index contributed by atoms with van der Waals surface area (Å²) in [6, 6.07) is 4.29. The van der Waals surface area contributed by atoms with Crippen molar-refractivity contribution in [2.75, 3.05) is 23.8 Å². The fourth-order valence-electron chi connectivity index (χ4n) is 3.48. The molecule has 10 heteroatoms. The summed E-state index contributed by atoms with van der Waals surface area (Å²) in [7, 11) is 1.80. The van der Waals surface area contributed by atoms with Crippen molar-refractivity contribution < 1.29 is 13.2 Å². The largest absolute Gasteiger partial charge is 0.433 e. The number of aromatic amines is 1. The van der Waals surface area contributed by atoms with E-state index >= 15 is 0 Å². The van der Waals surface area contributed by atoms with Gasteiger partial charge in [-0.15, -0.1) is 0 Å². The van der Waals surface area contributed by atoms with Crippen LogP contribution in [-0.2, 0) is 19.1 Å². The quantitative estimate of drug-likeness (QED) is 0.697. The second kappa shape index (κ2) is 7.02. The molecule has 0 fully saturated rings. The van der Waals surface area contributed by atoms with Gasteiger partial charge < -0.3 is 10.2 Å². The van der Waals surface area contributed by atoms with Gasteiger partial charge in [-0.25, -0.2) is 9.97 Å². The molecule has 7 nitrogen and oxygen atoms in total. The number of nitrogens with zero attached hydrogens (tertiary/aromatic N) is 5. The molecule has 1 aliphatic heterocycles. The summed E-state index contributed by atoms with van der Waals surface area (Å²) in [5.74, 6) is 1.34. The molecule has 0 aromatic carbocycles. The maximum atomic E-state index is 12.9. The van der Waals surface area contributed by atoms with E-state index < -0.39 is 11.9 Å². The molecule has 0 atom stereocenters. The number of rotatable bonds is 3. The number of fused-ring (bicyclic) bond motifs is 1. The normalized spacial score (nSPS) is 14.1. The molecular weight excluding hydrogens is 383 g/mol. The number of alkyl halides is 3. The Hall–Kier alpha value is -3.17. The van der Waals surface area contributed by atoms with Crippen molar-refractivity contribution in [3.63, 3.8) is 0 Å². The van der Waals surface area contributed by atoms with Crippen LogP contribution < -0.4 is 10.2 Å². The lowest BCUT2D eigenvalue weighted by Gasteiger charge is -2.27. The SMILES string of the molecule is CNc1cc(C)nc(N2CCc3[nH]nc(-c4ccc(C(F)(F)F)nc4C)c3C2)n1. The number of halogens is 3. The molecule has 0 aliphatic carbocycles. The summed E-state index contributed by atoms with van der Waals surface area (Å²) < 4.78 is 38.8. The minimum absolute atomic E-state index is 0.288. The number of pyridine rings is 1. The summed E-state index contributed by atoms with van der Waals surface area (Å²) in [5, 5.41) is 10.4. The van der Waals surface area contributed by atoms with Crippen LogP contribution in [0.4, 0.5) is 24.9 Å². The Morgan fingerprint density at radius 3 is 2.62 bits per heavy atom. The molecule has 4 heterocycles. The number of nitrogens with one attached hydrogen (secondary N) is 2. The van der Waals surface area contributed by atoms with Gasteiger partial charge in [0.25, 0.3) is 0 Å². The summed E-state index contributed by atoms with van der Waals surface area (Å²) in [5.41, 5.74) is 3.32. The predicted molar refractivity (Wildman–Crippen MR) is 103 cm³/mol. The van der Waals surface area contributed by atoms with Gasteiger partial charge in [-0.05, 0) is 26.0 Å². The zero-order valence-electron chi connectivity index (χ0n) is 16.2. The van der Waals surface area contributed by atoms with Crippen LogP contribution >= 0.6 is 0 Å². The van der Waals surface area contributed by atoms with Crippen molar-refractivity contribution in [1.29, 1.82) is 0 Å². The van der Waals surface area contributed by atoms with Crippen molar-refractivity contribution >= 4 is 11.8 Å². The number of hydrogen-bond acceptors (Lipinski definition) is 6. The van der Waals surface area contributed by atoms with Crippen LogP contribution in [0.15, 0.2) is 18.2 Å². The van der Waals surface area contributed by atoms with E-state index in [1.165, 1.54) is 6.07 Å². The van der Waals surface area contributed by atoms with Crippen LogP contribution in [0, 0.1) is 13.8 Å². The van der Waals surface area contributed by atoms with Gasteiger partial charge in [0.05, 0.1) is 5.69 Å². The fraction of sp³-hybridized carbons (Fsp3) is 0.368. The number of aryl methyl sites for hydroxylation is 2. The summed E-state index contributed by atoms with van der Waals surface area (Å²) in [4.78, 5) is 14.8. The molecule has 0 saturated carbocycles. The predicted octanol–water partition coefficient (Wildman–Crippen LogP) is 3.50. The Labute approximate surface area is 165 Å². The summed E-state index contributed by atoms with van der Waals surface area (Å²) >= 11 is 0. The second-order valence-electron chi connectivity index (χ2n) is 6.97. The highest BCUT2D eigenvalue weighted by atomic mass is 19.4. The third kappa shape index (κ3) is 3.62. The average molecular weight is 403 g/mol. The molecule has 3 aromatic rings. The third-order valence-electron chi connectivity index (χ3n) is 4.95. The Morgan fingerprint density at radius 2 is 1.93 bits per heavy atom. The molecule has 0 amide bonds. The molecule has 0 radical (unpaired) electrons. The minimum Gasteiger partial charge on any atom is -0.373 e. The third-order valence-corrected chi connectivity index (χ3v) is 4.95. The molecule has 0 bridgehead atoms. The van der Waals surface area contributed by atoms with Gasteiger partial charge in [0.1, 0.15) is 11.5 Å². The van der Waals surface area contributed by atoms with E-state index in [0.29, 0.717) is 36.7 Å². The smallest absolute Gasteiger partial charge is 0.373 e. The van der Waals surface area contributed by atoms with Crippen LogP contribution in [0.2, 0.25) is 0 Å². The number of hydrogen-bond donors (Lipinski definition) is 2. The van der Waals surface area contributed by atoms with Crippen LogP contribution in [0.25, 0.3) is 11.3 Å². The van der Waals surface area contributed by atoms with Gasteiger partial charge in [0, 0.05) is 60.8 Å². The van der Waals surface area contributed by atoms with Gasteiger partial charge in [-0.2, -0.15) is 23.3 Å². The van der Waals surface area contributed by atoms with E-state index in [0.717, 1.165) is 28.8 Å². The number of aromatic nitrogens is 5. The maximum absolute atomic E-state index is 12.9. The minimum atomic E-state index is -4.47. The lowest BCUT2D eigenvalue weighted by molar-refractivity contribution is -0.141. The van der Waals surface area contributed by atoms with E-state index in [2.05, 4.69) is 30.5 Å². The van der Waals surface area contributed by atoms with E-state index in [1.54, 1.807) is 14.0 Å². The fourth-order valence-corrected chi connectivity index (χ4v) is 3.48. The van der Waals surface area contributed by atoms with E-state index in [9.17, 15) is 13.2 Å². The van der Waals surface area contributed by atoms with Crippen molar-refractivity contribution in [3.05, 3.63) is 46.5 Å². The number of H-pyrrole nitrogens is 1. The molecule has 29 heavy (non-hydrogen) atoms. The molecule has 2 N–H and O–H groups in total. The Balaban J connectivity index is 1.69. The average Bonchev–Trinajstić information content (AvgIpc) is 3.09. The molecule has 4 rings (SSSR count). The first-order chi connectivity index (χ1) is 13.8. The first-order valence-electron chi connectivity index (χ1n) is 9.16. The lowest BCUT2D eigenvalue weighted by atomic mass is 10.00. The van der Waals surface area contributed by atoms with Crippen molar-refractivity contribution in [1.82, 2.24) is 25.1 Å². The first-order valence-corrected chi connectivity index (χ1v) is 9.16. The van der Waals surface area contributed by atoms with E-state index in [-0.39, 0.29) is 5.69 Å². The van der Waals surface area contributed by atoms with Crippen molar-refractivity contribution in [2.24, 2.45) is 0 Å². The monoisotopic (exact) mass is 403 g/mol. The Bertz CT molecular complexity index is 1060. The zero-order chi connectivity index (χ0) is 20.8. The van der Waals surface area contributed by atoms with Gasteiger partial charge in [-0.3, -0.25) is 5.10 Å². The van der Waals surface area contributed by atoms with Crippen molar-refractivity contribution in [3.8, 4) is 11.3 Å². The molecule has 0 unspecified atom stereocenters. The highest BCUT2D eigenvalue weighted by Crippen LogP contribution is 2.34. The molecule has 3 aromatic heterocycles. The Kier molecular flexibility index (Phi) is 4.64. The lowest BCUT2D eigenvalue weighted by Crippen LogP contribution is -2.32. The molecule has 0 saturated heterocycles. The zero-order valence-corrected chi connectivity index (χ0v) is 16.2. The number of anilines is 2. The summed E-state index contributed by atoms with van der Waals surface area (Å²) in [6.07, 6.45) is -3.76. The highest BCUT2D eigenvalue weighted by molar-refractivity contribution is 5.67. The highest BCUT2D eigenvalue weighted by Gasteiger charge is 2.33. The molecular formula is C19H20F3N7. The standard InChI is InChI=1S/C19H20F3N7/c1-10-8-16(23-3)26-18(24-10)29-7-6-14-13(9-29)17(28-27-14)12-4-5-15(19(20,21)22)25-11(12)2/h4-5,8H,6-7,9H2,1-3H3,(H,27,28)(H,23,24,26). The maximum Gasteiger partial charge on any atom is 0.433 e. The van der Waals surface area contributed by atoms with E-state index in [1.807, 2.05) is 17.9 Å². The summed E-state index contributed by atoms with van der Waals surface area (Å²) in [6.45, 7) is 4.69. The van der Waals surface area contributed by atoms with Gasteiger partial charge in [-0.1, -0.05) is 0 Å². The van der Waals surface area contributed by atoms with Crippen LogP contribution in [0.3, 0.4) is 0 Å². The van der Waals surface area contributed by atoms with Crippen LogP contribution in [0.5, 0.6) is 0 Å². The molecule has 0 spiro atoms. The van der Waals surface area contributed by atoms with Crippen LogP contribution in [-0.4, -0.2) is 38.7 Å². The first kappa shape index (κ1) is 19.2. The topological polar surface area (TPSA) is 82.6 Å². The molecule has 1 aliphatic rings. The van der Waals surface area contributed by atoms with Crippen molar-refractivity contribution in [2.45, 2.75) is 33.0 Å². The van der Waals surface area contributed by atoms with E-state index in [4.69, 9.17) is 0 Å². The van der Waals surface area contributed by atoms with Gasteiger partial charge >= 0.3 is 6.18 Å². The van der Waals surface area contributed by atoms with Gasteiger partial charge in [0.2, 0.25) is 5.95 Å². The second-order valence-corrected chi connectivity index (χ2v) is 6.97.